The number of rotatable bonds is 2. The number of piperidine rings is 1. The van der Waals surface area contributed by atoms with Crippen molar-refractivity contribution < 1.29 is 4.39 Å². The number of anilines is 1. The van der Waals surface area contributed by atoms with Gasteiger partial charge in [0.15, 0.2) is 5.82 Å². The van der Waals surface area contributed by atoms with Crippen molar-refractivity contribution in [2.24, 2.45) is 5.41 Å². The number of pyridine rings is 2. The van der Waals surface area contributed by atoms with Gasteiger partial charge >= 0.3 is 0 Å². The second-order valence-corrected chi connectivity index (χ2v) is 8.84. The van der Waals surface area contributed by atoms with Gasteiger partial charge in [-0.3, -0.25) is 9.97 Å². The van der Waals surface area contributed by atoms with E-state index in [4.69, 9.17) is 4.98 Å². The molecule has 2 aliphatic rings. The highest BCUT2D eigenvalue weighted by atomic mass is 19.1. The first-order valence-corrected chi connectivity index (χ1v) is 10.7. The molecule has 0 unspecified atom stereocenters. The molecule has 1 aliphatic carbocycles. The molecular weight excluding hydrogens is 391 g/mol. The third-order valence-electron chi connectivity index (χ3n) is 6.89. The van der Waals surface area contributed by atoms with Crippen molar-refractivity contribution in [3.63, 3.8) is 0 Å². The number of hydrogen-bond donors (Lipinski definition) is 0. The molecule has 156 valence electrons. The maximum Gasteiger partial charge on any atom is 0.155 e. The summed E-state index contributed by atoms with van der Waals surface area (Å²) in [6, 6.07) is 7.74. The predicted octanol–water partition coefficient (Wildman–Crippen LogP) is 4.02. The van der Waals surface area contributed by atoms with Crippen molar-refractivity contribution in [2.75, 3.05) is 18.0 Å². The molecule has 31 heavy (non-hydrogen) atoms. The van der Waals surface area contributed by atoms with Gasteiger partial charge in [-0.1, -0.05) is 6.07 Å². The molecule has 6 rings (SSSR count). The number of aryl methyl sites for hydroxylation is 1. The van der Waals surface area contributed by atoms with E-state index in [1.165, 1.54) is 23.5 Å². The summed E-state index contributed by atoms with van der Waals surface area (Å²) in [5.41, 5.74) is 6.23. The van der Waals surface area contributed by atoms with Gasteiger partial charge in [0.25, 0.3) is 0 Å². The molecule has 0 atom stereocenters. The highest BCUT2D eigenvalue weighted by Gasteiger charge is 2.41. The summed E-state index contributed by atoms with van der Waals surface area (Å²) in [5.74, 6) is 0.584. The molecule has 0 saturated carbocycles. The third kappa shape index (κ3) is 2.99. The largest absolute Gasteiger partial charge is 0.355 e. The topological polar surface area (TPSA) is 59.2 Å². The summed E-state index contributed by atoms with van der Waals surface area (Å²) in [5, 5.41) is 4.53. The van der Waals surface area contributed by atoms with Crippen LogP contribution in [0.3, 0.4) is 0 Å². The summed E-state index contributed by atoms with van der Waals surface area (Å²) in [6.07, 6.45) is 11.0. The van der Waals surface area contributed by atoms with E-state index in [9.17, 15) is 4.39 Å². The Morgan fingerprint density at radius 3 is 2.74 bits per heavy atom. The van der Waals surface area contributed by atoms with Crippen LogP contribution in [0.25, 0.3) is 16.8 Å². The Morgan fingerprint density at radius 1 is 1.06 bits per heavy atom. The van der Waals surface area contributed by atoms with Gasteiger partial charge in [0.2, 0.25) is 0 Å². The monoisotopic (exact) mass is 414 g/mol. The number of hydrogen-bond acceptors (Lipinski definition) is 5. The van der Waals surface area contributed by atoms with Gasteiger partial charge in [-0.15, -0.1) is 0 Å². The van der Waals surface area contributed by atoms with E-state index in [-0.39, 0.29) is 5.82 Å². The maximum atomic E-state index is 13.8. The fourth-order valence-electron chi connectivity index (χ4n) is 5.34. The Kier molecular flexibility index (Phi) is 4.06. The van der Waals surface area contributed by atoms with Gasteiger partial charge in [-0.05, 0) is 61.8 Å². The van der Waals surface area contributed by atoms with Gasteiger partial charge in [0, 0.05) is 36.7 Å². The van der Waals surface area contributed by atoms with E-state index in [1.807, 2.05) is 29.8 Å². The third-order valence-corrected chi connectivity index (χ3v) is 6.89. The molecule has 1 spiro atoms. The molecule has 4 aromatic heterocycles. The van der Waals surface area contributed by atoms with Crippen molar-refractivity contribution in [3.8, 4) is 11.3 Å². The lowest BCUT2D eigenvalue weighted by atomic mass is 9.76. The van der Waals surface area contributed by atoms with Crippen LogP contribution in [-0.4, -0.2) is 37.7 Å². The summed E-state index contributed by atoms with van der Waals surface area (Å²) in [7, 11) is 0. The standard InChI is InChI=1S/C24H23FN6/c1-16-22(18-11-19(25)15-26-14-18)31-21(4-8-28-31)23(29-16)30-9-5-24(6-10-30)12-17-3-2-7-27-20(17)13-24/h2-4,7-8,11,14-15H,5-6,9-10,12-13H2,1H3. The fourth-order valence-corrected chi connectivity index (χ4v) is 5.34. The SMILES string of the molecule is Cc1nc(N2CCC3(CC2)Cc2cccnc2C3)c2ccnn2c1-c1cncc(F)c1. The van der Waals surface area contributed by atoms with E-state index in [2.05, 4.69) is 26.0 Å². The zero-order chi connectivity index (χ0) is 21.0. The van der Waals surface area contributed by atoms with E-state index in [0.717, 1.165) is 61.5 Å². The Morgan fingerprint density at radius 2 is 1.94 bits per heavy atom. The summed E-state index contributed by atoms with van der Waals surface area (Å²) < 4.78 is 15.7. The molecular formula is C24H23FN6. The van der Waals surface area contributed by atoms with Crippen LogP contribution in [0.15, 0.2) is 49.1 Å². The van der Waals surface area contributed by atoms with Crippen molar-refractivity contribution in [1.82, 2.24) is 24.6 Å². The van der Waals surface area contributed by atoms with E-state index < -0.39 is 0 Å². The number of halogens is 1. The summed E-state index contributed by atoms with van der Waals surface area (Å²) in [4.78, 5) is 15.9. The van der Waals surface area contributed by atoms with Crippen LogP contribution in [0.1, 0.15) is 29.8 Å². The molecule has 1 saturated heterocycles. The first-order valence-electron chi connectivity index (χ1n) is 10.7. The molecule has 6 nitrogen and oxygen atoms in total. The van der Waals surface area contributed by atoms with Gasteiger partial charge in [-0.2, -0.15) is 5.10 Å². The average Bonchev–Trinajstić information content (AvgIpc) is 3.38. The van der Waals surface area contributed by atoms with Gasteiger partial charge in [0.1, 0.15) is 11.3 Å². The number of nitrogens with zero attached hydrogens (tertiary/aromatic N) is 6. The van der Waals surface area contributed by atoms with Crippen molar-refractivity contribution >= 4 is 11.3 Å². The van der Waals surface area contributed by atoms with Crippen LogP contribution in [0, 0.1) is 18.2 Å². The maximum absolute atomic E-state index is 13.8. The minimum Gasteiger partial charge on any atom is -0.355 e. The molecule has 0 amide bonds. The van der Waals surface area contributed by atoms with Crippen LogP contribution in [-0.2, 0) is 12.8 Å². The quantitative estimate of drug-likeness (QED) is 0.496. The zero-order valence-corrected chi connectivity index (χ0v) is 17.4. The van der Waals surface area contributed by atoms with Crippen molar-refractivity contribution in [2.45, 2.75) is 32.6 Å². The normalized spacial score (nSPS) is 17.4. The average molecular weight is 414 g/mol. The minimum absolute atomic E-state index is 0.325. The Balaban J connectivity index is 1.32. The molecule has 0 N–H and O–H groups in total. The Labute approximate surface area is 179 Å². The molecule has 0 bridgehead atoms. The Hall–Kier alpha value is -3.35. The molecule has 1 fully saturated rings. The van der Waals surface area contributed by atoms with Crippen LogP contribution in [0.5, 0.6) is 0 Å². The van der Waals surface area contributed by atoms with Gasteiger partial charge < -0.3 is 4.90 Å². The highest BCUT2D eigenvalue weighted by Crippen LogP contribution is 2.44. The highest BCUT2D eigenvalue weighted by molar-refractivity contribution is 5.75. The number of aromatic nitrogens is 5. The van der Waals surface area contributed by atoms with Crippen LogP contribution >= 0.6 is 0 Å². The zero-order valence-electron chi connectivity index (χ0n) is 17.4. The fraction of sp³-hybridized carbons (Fsp3) is 0.333. The Bertz CT molecular complexity index is 1260. The first-order chi connectivity index (χ1) is 15.1. The lowest BCUT2D eigenvalue weighted by molar-refractivity contribution is 0.231. The van der Waals surface area contributed by atoms with Gasteiger partial charge in [-0.25, -0.2) is 13.9 Å². The molecule has 7 heteroatoms. The molecule has 1 aliphatic heterocycles. The van der Waals surface area contributed by atoms with Crippen LogP contribution in [0.4, 0.5) is 10.2 Å². The lowest BCUT2D eigenvalue weighted by Crippen LogP contribution is -2.41. The van der Waals surface area contributed by atoms with Crippen molar-refractivity contribution in [3.05, 3.63) is 71.8 Å². The minimum atomic E-state index is -0.366. The molecule has 5 heterocycles. The smallest absolute Gasteiger partial charge is 0.155 e. The molecule has 0 aromatic carbocycles. The van der Waals surface area contributed by atoms with E-state index in [0.29, 0.717) is 11.0 Å². The summed E-state index contributed by atoms with van der Waals surface area (Å²) in [6.45, 7) is 3.87. The molecule has 0 radical (unpaired) electrons. The molecule has 4 aromatic rings. The van der Waals surface area contributed by atoms with E-state index in [1.54, 1.807) is 12.4 Å². The van der Waals surface area contributed by atoms with Crippen LogP contribution < -0.4 is 4.90 Å². The van der Waals surface area contributed by atoms with Crippen LogP contribution in [0.2, 0.25) is 0 Å². The lowest BCUT2D eigenvalue weighted by Gasteiger charge is -2.40. The number of fused-ring (bicyclic) bond motifs is 2. The second-order valence-electron chi connectivity index (χ2n) is 8.84. The summed E-state index contributed by atoms with van der Waals surface area (Å²) >= 11 is 0. The first kappa shape index (κ1) is 18.4. The second kappa shape index (κ2) is 6.83. The van der Waals surface area contributed by atoms with E-state index >= 15 is 0 Å². The predicted molar refractivity (Wildman–Crippen MR) is 116 cm³/mol. The van der Waals surface area contributed by atoms with Crippen molar-refractivity contribution in [1.29, 1.82) is 0 Å². The van der Waals surface area contributed by atoms with Gasteiger partial charge in [0.05, 0.1) is 23.8 Å².